The Hall–Kier alpha value is -3.29. The summed E-state index contributed by atoms with van der Waals surface area (Å²) in [6.07, 6.45) is 1.49. The van der Waals surface area contributed by atoms with E-state index in [0.717, 1.165) is 17.7 Å². The Morgan fingerprint density at radius 1 is 1.11 bits per heavy atom. The molecule has 182 valence electrons. The molecule has 0 aromatic heterocycles. The number of benzene rings is 2. The number of ether oxygens (including phenoxy) is 2. The van der Waals surface area contributed by atoms with Gasteiger partial charge in [-0.25, -0.2) is 4.90 Å². The van der Waals surface area contributed by atoms with Gasteiger partial charge in [0.15, 0.2) is 16.7 Å². The summed E-state index contributed by atoms with van der Waals surface area (Å²) in [7, 11) is -1.28. The van der Waals surface area contributed by atoms with Crippen molar-refractivity contribution in [3.8, 4) is 17.2 Å². The molecule has 0 fully saturated rings. The number of methoxy groups -OCH3 is 2. The highest BCUT2D eigenvalue weighted by Gasteiger charge is 2.37. The van der Waals surface area contributed by atoms with Gasteiger partial charge in [0.2, 0.25) is 5.17 Å². The Balaban J connectivity index is 1.61. The van der Waals surface area contributed by atoms with Crippen LogP contribution in [0.25, 0.3) is 6.08 Å². The average molecular weight is 533 g/mol. The standard InChI is InChI=1S/C22H20N4O6S3/c1-4-33-22-25-34-21-24-20(27)16(19(23)26(21)22)11-13-5-10-17(18(12-13)31-3)32-35(28,29)15-8-6-14(30-2)7-9-15/h5-12,23H,4H2,1-3H3/b16-11-,23-19?. The van der Waals surface area contributed by atoms with Gasteiger partial charge in [-0.1, -0.05) is 24.8 Å². The number of hydrogen-bond donors (Lipinski definition) is 1. The van der Waals surface area contributed by atoms with Crippen LogP contribution in [-0.2, 0) is 14.9 Å². The quantitative estimate of drug-likeness (QED) is 0.321. The van der Waals surface area contributed by atoms with Crippen LogP contribution >= 0.6 is 23.7 Å². The van der Waals surface area contributed by atoms with Crippen LogP contribution in [0.15, 0.2) is 62.3 Å². The van der Waals surface area contributed by atoms with E-state index in [0.29, 0.717) is 21.6 Å². The molecule has 13 heteroatoms. The number of carbonyl (C=O) groups is 1. The van der Waals surface area contributed by atoms with Crippen molar-refractivity contribution >= 4 is 62.0 Å². The number of amidine groups is 3. The first kappa shape index (κ1) is 24.8. The topological polar surface area (TPSA) is 131 Å². The van der Waals surface area contributed by atoms with E-state index in [2.05, 4.69) is 9.39 Å². The fraction of sp³-hybridized carbons (Fsp3) is 0.182. The molecule has 35 heavy (non-hydrogen) atoms. The molecule has 0 radical (unpaired) electrons. The van der Waals surface area contributed by atoms with E-state index >= 15 is 0 Å². The molecule has 0 bridgehead atoms. The highest BCUT2D eigenvalue weighted by Crippen LogP contribution is 2.34. The van der Waals surface area contributed by atoms with E-state index in [4.69, 9.17) is 19.1 Å². The van der Waals surface area contributed by atoms with E-state index in [1.165, 1.54) is 73.4 Å². The van der Waals surface area contributed by atoms with Crippen molar-refractivity contribution in [3.63, 3.8) is 0 Å². The minimum Gasteiger partial charge on any atom is -0.497 e. The van der Waals surface area contributed by atoms with Gasteiger partial charge in [-0.15, -0.1) is 0 Å². The van der Waals surface area contributed by atoms with Gasteiger partial charge < -0.3 is 13.7 Å². The summed E-state index contributed by atoms with van der Waals surface area (Å²) >= 11 is 2.50. The van der Waals surface area contributed by atoms with Crippen LogP contribution in [0.4, 0.5) is 0 Å². The third-order valence-electron chi connectivity index (χ3n) is 4.81. The second-order valence-corrected chi connectivity index (χ2v) is 10.5. The summed E-state index contributed by atoms with van der Waals surface area (Å²) in [5.74, 6) is 0.773. The minimum atomic E-state index is -4.13. The number of hydrogen-bond acceptors (Lipinski definition) is 10. The second-order valence-electron chi connectivity index (χ2n) is 6.96. The maximum absolute atomic E-state index is 12.7. The molecular formula is C22H20N4O6S3. The Labute approximate surface area is 210 Å². The Morgan fingerprint density at radius 2 is 1.86 bits per heavy atom. The maximum Gasteiger partial charge on any atom is 0.339 e. The first-order valence-electron chi connectivity index (χ1n) is 10.2. The molecule has 2 aliphatic heterocycles. The van der Waals surface area contributed by atoms with E-state index in [1.54, 1.807) is 6.07 Å². The van der Waals surface area contributed by atoms with Crippen molar-refractivity contribution in [3.05, 3.63) is 53.6 Å². The van der Waals surface area contributed by atoms with Gasteiger partial charge in [0.1, 0.15) is 16.5 Å². The Morgan fingerprint density at radius 3 is 2.51 bits per heavy atom. The molecule has 2 aromatic carbocycles. The number of carbonyl (C=O) groups excluding carboxylic acids is 1. The highest BCUT2D eigenvalue weighted by atomic mass is 32.2. The van der Waals surface area contributed by atoms with Gasteiger partial charge in [-0.3, -0.25) is 10.2 Å². The summed E-state index contributed by atoms with van der Waals surface area (Å²) in [6.45, 7) is 1.97. The number of rotatable bonds is 7. The average Bonchev–Trinajstić information content (AvgIpc) is 3.25. The van der Waals surface area contributed by atoms with Crippen LogP contribution in [0.5, 0.6) is 17.2 Å². The summed E-state index contributed by atoms with van der Waals surface area (Å²) in [5.41, 5.74) is 0.568. The Bertz CT molecular complexity index is 1380. The molecule has 0 unspecified atom stereocenters. The normalized spacial score (nSPS) is 16.7. The molecule has 0 atom stereocenters. The van der Waals surface area contributed by atoms with Crippen LogP contribution in [0.2, 0.25) is 0 Å². The second kappa shape index (κ2) is 10.1. The zero-order valence-corrected chi connectivity index (χ0v) is 21.3. The number of nitrogens with one attached hydrogen (secondary N) is 1. The number of thioether (sulfide) groups is 1. The Kier molecular flexibility index (Phi) is 7.19. The predicted octanol–water partition coefficient (Wildman–Crippen LogP) is 3.80. The van der Waals surface area contributed by atoms with Crippen molar-refractivity contribution in [2.45, 2.75) is 11.8 Å². The lowest BCUT2D eigenvalue weighted by atomic mass is 10.1. The molecule has 4 rings (SSSR count). The van der Waals surface area contributed by atoms with E-state index < -0.39 is 16.0 Å². The fourth-order valence-electron chi connectivity index (χ4n) is 3.14. The SMILES string of the molecule is CCSC1=NSC2=NC(=O)/C(=C\c3ccc(OS(=O)(=O)c4ccc(OC)cc4)c(OC)c3)C(=N)N12. The van der Waals surface area contributed by atoms with Crippen LogP contribution in [0, 0.1) is 5.41 Å². The largest absolute Gasteiger partial charge is 0.497 e. The van der Waals surface area contributed by atoms with E-state index in [-0.39, 0.29) is 27.8 Å². The van der Waals surface area contributed by atoms with Crippen molar-refractivity contribution in [1.82, 2.24) is 4.90 Å². The predicted molar refractivity (Wildman–Crippen MR) is 137 cm³/mol. The van der Waals surface area contributed by atoms with Crippen LogP contribution in [-0.4, -0.2) is 55.4 Å². The van der Waals surface area contributed by atoms with Crippen LogP contribution in [0.1, 0.15) is 12.5 Å². The zero-order valence-electron chi connectivity index (χ0n) is 18.8. The number of nitrogens with zero attached hydrogens (tertiary/aromatic N) is 3. The molecule has 2 heterocycles. The van der Waals surface area contributed by atoms with Crippen molar-refractivity contribution < 1.29 is 26.9 Å². The lowest BCUT2D eigenvalue weighted by molar-refractivity contribution is -0.114. The van der Waals surface area contributed by atoms with E-state index in [1.807, 2.05) is 6.92 Å². The van der Waals surface area contributed by atoms with Gasteiger partial charge in [0.05, 0.1) is 31.7 Å². The van der Waals surface area contributed by atoms with Crippen molar-refractivity contribution in [1.29, 1.82) is 5.41 Å². The molecule has 2 aliphatic rings. The summed E-state index contributed by atoms with van der Waals surface area (Å²) in [4.78, 5) is 18.1. The fourth-order valence-corrected chi connectivity index (χ4v) is 5.65. The van der Waals surface area contributed by atoms with Gasteiger partial charge in [-0.2, -0.15) is 17.8 Å². The maximum atomic E-state index is 12.7. The zero-order chi connectivity index (χ0) is 25.2. The lowest BCUT2D eigenvalue weighted by Crippen LogP contribution is -2.41. The number of fused-ring (bicyclic) bond motifs is 1. The smallest absolute Gasteiger partial charge is 0.339 e. The first-order valence-corrected chi connectivity index (χ1v) is 13.3. The van der Waals surface area contributed by atoms with Crippen molar-refractivity contribution in [2.75, 3.05) is 20.0 Å². The van der Waals surface area contributed by atoms with Gasteiger partial charge in [0, 0.05) is 0 Å². The highest BCUT2D eigenvalue weighted by molar-refractivity contribution is 8.19. The molecule has 1 amide bonds. The summed E-state index contributed by atoms with van der Waals surface area (Å²) in [5, 5.41) is 9.48. The first-order chi connectivity index (χ1) is 16.8. The molecule has 0 aliphatic carbocycles. The molecule has 0 spiro atoms. The van der Waals surface area contributed by atoms with Crippen LogP contribution < -0.4 is 13.7 Å². The summed E-state index contributed by atoms with van der Waals surface area (Å²) in [6, 6.07) is 10.3. The van der Waals surface area contributed by atoms with Gasteiger partial charge >= 0.3 is 10.1 Å². The van der Waals surface area contributed by atoms with Crippen molar-refractivity contribution in [2.24, 2.45) is 9.39 Å². The van der Waals surface area contributed by atoms with Crippen LogP contribution in [0.3, 0.4) is 0 Å². The molecule has 0 saturated carbocycles. The minimum absolute atomic E-state index is 0.0273. The third-order valence-corrected chi connectivity index (χ3v) is 7.70. The molecule has 2 aromatic rings. The number of amides is 1. The third kappa shape index (κ3) is 5.06. The van der Waals surface area contributed by atoms with E-state index in [9.17, 15) is 13.2 Å². The van der Waals surface area contributed by atoms with Gasteiger partial charge in [-0.05, 0) is 53.8 Å². The molecule has 0 saturated heterocycles. The molecule has 1 N–H and O–H groups in total. The number of aliphatic imine (C=N–C) groups is 1. The molecule has 10 nitrogen and oxygen atoms in total. The molecular weight excluding hydrogens is 512 g/mol. The summed E-state index contributed by atoms with van der Waals surface area (Å²) < 4.78 is 45.4. The van der Waals surface area contributed by atoms with Gasteiger partial charge in [0.25, 0.3) is 5.91 Å². The monoisotopic (exact) mass is 532 g/mol. The lowest BCUT2D eigenvalue weighted by Gasteiger charge is -2.24.